The maximum absolute atomic E-state index is 12.8. The molecular weight excluding hydrogens is 793 g/mol. The topological polar surface area (TPSA) is 135 Å². The first-order chi connectivity index (χ1) is 30.9. The SMILES string of the molecule is CCCCCC/C=C\C/C=C\CCCCCCCCCC(=O)OC(COCCCCCCCCCCCC/C=C\CCCCCCCCCC)COC1OC(CO)C(O)C(O)C1O. The first kappa shape index (κ1) is 59.4. The fourth-order valence-electron chi connectivity index (χ4n) is 8.11. The maximum Gasteiger partial charge on any atom is 0.306 e. The van der Waals surface area contributed by atoms with Crippen LogP contribution in [0.3, 0.4) is 0 Å². The average molecular weight is 893 g/mol. The Morgan fingerprint density at radius 3 is 1.40 bits per heavy atom. The minimum atomic E-state index is -1.54. The third-order valence-electron chi connectivity index (χ3n) is 12.3. The van der Waals surface area contributed by atoms with Gasteiger partial charge in [0.2, 0.25) is 0 Å². The van der Waals surface area contributed by atoms with E-state index in [1.54, 1.807) is 0 Å². The quantitative estimate of drug-likeness (QED) is 0.0268. The number of hydrogen-bond acceptors (Lipinski definition) is 9. The molecule has 6 unspecified atom stereocenters. The first-order valence-corrected chi connectivity index (χ1v) is 26.6. The average Bonchev–Trinajstić information content (AvgIpc) is 3.28. The van der Waals surface area contributed by atoms with Crippen LogP contribution in [-0.4, -0.2) is 89.6 Å². The Kier molecular flexibility index (Phi) is 43.0. The fourth-order valence-corrected chi connectivity index (χ4v) is 8.11. The largest absolute Gasteiger partial charge is 0.457 e. The number of hydrogen-bond donors (Lipinski definition) is 4. The van der Waals surface area contributed by atoms with E-state index in [-0.39, 0.29) is 19.2 Å². The zero-order chi connectivity index (χ0) is 45.7. The number of unbranched alkanes of at least 4 members (excludes halogenated alkanes) is 29. The Bertz CT molecular complexity index is 1060. The third-order valence-corrected chi connectivity index (χ3v) is 12.3. The van der Waals surface area contributed by atoms with Gasteiger partial charge in [-0.3, -0.25) is 4.79 Å². The number of carbonyl (C=O) groups is 1. The molecule has 0 amide bonds. The molecule has 0 saturated carbocycles. The molecule has 4 N–H and O–H groups in total. The van der Waals surface area contributed by atoms with Gasteiger partial charge in [0.25, 0.3) is 0 Å². The summed E-state index contributed by atoms with van der Waals surface area (Å²) >= 11 is 0. The molecule has 0 spiro atoms. The molecule has 1 aliphatic heterocycles. The van der Waals surface area contributed by atoms with Gasteiger partial charge >= 0.3 is 5.97 Å². The molecule has 1 rings (SSSR count). The van der Waals surface area contributed by atoms with Crippen molar-refractivity contribution in [1.82, 2.24) is 0 Å². The van der Waals surface area contributed by atoms with E-state index in [9.17, 15) is 25.2 Å². The van der Waals surface area contributed by atoms with Crippen LogP contribution in [0.5, 0.6) is 0 Å². The normalized spacial score (nSPS) is 19.9. The van der Waals surface area contributed by atoms with Crippen LogP contribution in [0.15, 0.2) is 36.5 Å². The minimum absolute atomic E-state index is 0.116. The highest BCUT2D eigenvalue weighted by atomic mass is 16.7. The van der Waals surface area contributed by atoms with Gasteiger partial charge in [-0.15, -0.1) is 0 Å². The molecule has 0 aromatic heterocycles. The first-order valence-electron chi connectivity index (χ1n) is 26.6. The Morgan fingerprint density at radius 1 is 0.508 bits per heavy atom. The van der Waals surface area contributed by atoms with Crippen LogP contribution in [0.4, 0.5) is 0 Å². The van der Waals surface area contributed by atoms with E-state index in [4.69, 9.17) is 18.9 Å². The van der Waals surface area contributed by atoms with Crippen molar-refractivity contribution in [3.05, 3.63) is 36.5 Å². The number of allylic oxidation sites excluding steroid dienone is 6. The Morgan fingerprint density at radius 2 is 0.921 bits per heavy atom. The van der Waals surface area contributed by atoms with E-state index in [1.807, 2.05) is 0 Å². The summed E-state index contributed by atoms with van der Waals surface area (Å²) in [4.78, 5) is 12.8. The summed E-state index contributed by atoms with van der Waals surface area (Å²) in [5.41, 5.74) is 0. The molecule has 1 saturated heterocycles. The van der Waals surface area contributed by atoms with Crippen molar-refractivity contribution in [2.24, 2.45) is 0 Å². The highest BCUT2D eigenvalue weighted by Crippen LogP contribution is 2.23. The second-order valence-corrected chi connectivity index (χ2v) is 18.3. The minimum Gasteiger partial charge on any atom is -0.457 e. The van der Waals surface area contributed by atoms with Crippen LogP contribution in [0.2, 0.25) is 0 Å². The second-order valence-electron chi connectivity index (χ2n) is 18.3. The predicted molar refractivity (Wildman–Crippen MR) is 261 cm³/mol. The van der Waals surface area contributed by atoms with Crippen LogP contribution in [0.1, 0.15) is 239 Å². The van der Waals surface area contributed by atoms with Gasteiger partial charge in [-0.2, -0.15) is 0 Å². The molecule has 6 atom stereocenters. The molecule has 63 heavy (non-hydrogen) atoms. The van der Waals surface area contributed by atoms with Crippen LogP contribution >= 0.6 is 0 Å². The lowest BCUT2D eigenvalue weighted by molar-refractivity contribution is -0.305. The fraction of sp³-hybridized carbons (Fsp3) is 0.870. The van der Waals surface area contributed by atoms with Crippen molar-refractivity contribution in [1.29, 1.82) is 0 Å². The van der Waals surface area contributed by atoms with Gasteiger partial charge in [0.05, 0.1) is 19.8 Å². The molecular formula is C54H100O9. The summed E-state index contributed by atoms with van der Waals surface area (Å²) in [5, 5.41) is 40.3. The van der Waals surface area contributed by atoms with E-state index in [0.717, 1.165) is 44.9 Å². The highest BCUT2D eigenvalue weighted by Gasteiger charge is 2.44. The molecule has 370 valence electrons. The molecule has 0 aliphatic carbocycles. The highest BCUT2D eigenvalue weighted by molar-refractivity contribution is 5.69. The van der Waals surface area contributed by atoms with Gasteiger partial charge < -0.3 is 39.4 Å². The smallest absolute Gasteiger partial charge is 0.306 e. The predicted octanol–water partition coefficient (Wildman–Crippen LogP) is 13.1. The number of aliphatic hydroxyl groups is 4. The molecule has 0 aromatic rings. The van der Waals surface area contributed by atoms with Gasteiger partial charge in [-0.05, 0) is 70.6 Å². The van der Waals surface area contributed by atoms with Gasteiger partial charge in [0, 0.05) is 13.0 Å². The van der Waals surface area contributed by atoms with Crippen molar-refractivity contribution >= 4 is 5.97 Å². The zero-order valence-electron chi connectivity index (χ0n) is 40.8. The molecule has 1 fully saturated rings. The van der Waals surface area contributed by atoms with Crippen molar-refractivity contribution in [3.8, 4) is 0 Å². The lowest BCUT2D eigenvalue weighted by atomic mass is 9.99. The summed E-state index contributed by atoms with van der Waals surface area (Å²) in [7, 11) is 0. The molecule has 0 radical (unpaired) electrons. The van der Waals surface area contributed by atoms with Crippen molar-refractivity contribution < 1.29 is 44.2 Å². The molecule has 1 heterocycles. The van der Waals surface area contributed by atoms with Crippen molar-refractivity contribution in [2.45, 2.75) is 275 Å². The Labute approximate surface area is 387 Å². The van der Waals surface area contributed by atoms with Crippen molar-refractivity contribution in [3.63, 3.8) is 0 Å². The lowest BCUT2D eigenvalue weighted by Gasteiger charge is -2.39. The van der Waals surface area contributed by atoms with Gasteiger partial charge in [-0.1, -0.05) is 198 Å². The molecule has 0 bridgehead atoms. The summed E-state index contributed by atoms with van der Waals surface area (Å²) < 4.78 is 22.9. The summed E-state index contributed by atoms with van der Waals surface area (Å²) in [6.45, 7) is 4.56. The number of carbonyl (C=O) groups excluding carboxylic acids is 1. The molecule has 1 aliphatic rings. The molecule has 9 nitrogen and oxygen atoms in total. The van der Waals surface area contributed by atoms with Gasteiger partial charge in [0.1, 0.15) is 30.5 Å². The number of esters is 1. The van der Waals surface area contributed by atoms with E-state index in [0.29, 0.717) is 13.0 Å². The number of aliphatic hydroxyl groups excluding tert-OH is 4. The second kappa shape index (κ2) is 45.6. The van der Waals surface area contributed by atoms with Crippen LogP contribution < -0.4 is 0 Å². The third kappa shape index (κ3) is 36.2. The summed E-state index contributed by atoms with van der Waals surface area (Å²) in [6, 6.07) is 0. The summed E-state index contributed by atoms with van der Waals surface area (Å²) in [6.07, 6.45) is 48.9. The van der Waals surface area contributed by atoms with Gasteiger partial charge in [-0.25, -0.2) is 0 Å². The Balaban J connectivity index is 2.19. The van der Waals surface area contributed by atoms with Crippen LogP contribution in [0, 0.1) is 0 Å². The maximum atomic E-state index is 12.8. The zero-order valence-corrected chi connectivity index (χ0v) is 40.8. The standard InChI is InChI=1S/C54H100O9/c1-3-5-7-9-11-13-15-17-19-21-23-24-25-26-28-30-32-34-36-38-40-42-44-60-46-48(47-61-54-53(59)52(58)51(57)49(45-55)63-54)62-50(56)43-41-39-37-35-33-31-29-27-22-20-18-16-14-12-10-8-6-4-2/h14,16,20-23,48-49,51-55,57-59H,3-13,15,17-19,24-47H2,1-2H3/b16-14-,22-20-,23-21-. The van der Waals surface area contributed by atoms with Crippen LogP contribution in [0.25, 0.3) is 0 Å². The molecule has 0 aromatic carbocycles. The number of ether oxygens (including phenoxy) is 4. The van der Waals surface area contributed by atoms with E-state index >= 15 is 0 Å². The van der Waals surface area contributed by atoms with E-state index in [2.05, 4.69) is 50.3 Å². The lowest BCUT2D eigenvalue weighted by Crippen LogP contribution is -2.59. The van der Waals surface area contributed by atoms with Gasteiger partial charge in [0.15, 0.2) is 6.29 Å². The Hall–Kier alpha value is -1.59. The summed E-state index contributed by atoms with van der Waals surface area (Å²) in [5.74, 6) is -0.319. The van der Waals surface area contributed by atoms with Crippen molar-refractivity contribution in [2.75, 3.05) is 26.4 Å². The van der Waals surface area contributed by atoms with E-state index < -0.39 is 43.4 Å². The van der Waals surface area contributed by atoms with Crippen LogP contribution in [-0.2, 0) is 23.7 Å². The van der Waals surface area contributed by atoms with E-state index in [1.165, 1.54) is 173 Å². The number of rotatable bonds is 46. The molecule has 9 heteroatoms. The monoisotopic (exact) mass is 893 g/mol.